The van der Waals surface area contributed by atoms with Gasteiger partial charge in [-0.3, -0.25) is 0 Å². The average molecular weight is 152 g/mol. The van der Waals surface area contributed by atoms with Gasteiger partial charge in [0.2, 0.25) is 0 Å². The van der Waals surface area contributed by atoms with Crippen molar-refractivity contribution in [3.05, 3.63) is 0 Å². The molecule has 1 heteroatoms. The van der Waals surface area contributed by atoms with Gasteiger partial charge < -0.3 is 5.11 Å². The number of hydrogen-bond donors (Lipinski definition) is 1. The zero-order valence-electron chi connectivity index (χ0n) is 7.03. The molecule has 0 saturated heterocycles. The number of aliphatic hydroxyl groups excluding tert-OH is 1. The van der Waals surface area contributed by atoms with E-state index in [-0.39, 0.29) is 6.10 Å². The lowest BCUT2D eigenvalue weighted by Crippen LogP contribution is -2.33. The first-order valence-corrected chi connectivity index (χ1v) is 4.95. The Morgan fingerprint density at radius 3 is 2.36 bits per heavy atom. The van der Waals surface area contributed by atoms with E-state index in [1.807, 2.05) is 0 Å². The highest BCUT2D eigenvalue weighted by Crippen LogP contribution is 2.60. The Bertz CT molecular complexity index is 169. The van der Waals surface area contributed by atoms with Crippen LogP contribution in [0.25, 0.3) is 0 Å². The molecule has 0 aromatic carbocycles. The summed E-state index contributed by atoms with van der Waals surface area (Å²) in [6.45, 7) is 2.35. The normalized spacial score (nSPS) is 66.0. The first-order valence-electron chi connectivity index (χ1n) is 4.95. The molecule has 1 nitrogen and oxygen atoms in total. The maximum absolute atomic E-state index is 9.88. The monoisotopic (exact) mass is 152 g/mol. The van der Waals surface area contributed by atoms with Crippen molar-refractivity contribution in [1.82, 2.24) is 0 Å². The van der Waals surface area contributed by atoms with Crippen LogP contribution in [-0.4, -0.2) is 11.2 Å². The van der Waals surface area contributed by atoms with Gasteiger partial charge in [-0.2, -0.15) is 0 Å². The van der Waals surface area contributed by atoms with Crippen LogP contribution >= 0.6 is 0 Å². The molecule has 0 radical (unpaired) electrons. The Morgan fingerprint density at radius 1 is 1.00 bits per heavy atom. The van der Waals surface area contributed by atoms with Crippen molar-refractivity contribution < 1.29 is 5.11 Å². The Hall–Kier alpha value is -0.0400. The summed E-state index contributed by atoms with van der Waals surface area (Å²) in [5, 5.41) is 9.88. The highest BCUT2D eigenvalue weighted by molar-refractivity contribution is 5.06. The minimum Gasteiger partial charge on any atom is -0.393 e. The molecule has 0 aromatic rings. The van der Waals surface area contributed by atoms with E-state index in [9.17, 15) is 5.11 Å². The van der Waals surface area contributed by atoms with Gasteiger partial charge in [0.25, 0.3) is 0 Å². The summed E-state index contributed by atoms with van der Waals surface area (Å²) >= 11 is 0. The molecule has 1 N–H and O–H groups in total. The quantitative estimate of drug-likeness (QED) is 0.559. The third kappa shape index (κ3) is 0.618. The van der Waals surface area contributed by atoms with E-state index >= 15 is 0 Å². The van der Waals surface area contributed by atoms with Crippen LogP contribution in [0.15, 0.2) is 0 Å². The van der Waals surface area contributed by atoms with Crippen LogP contribution in [-0.2, 0) is 0 Å². The fourth-order valence-corrected chi connectivity index (χ4v) is 4.13. The molecule has 0 aliphatic heterocycles. The maximum Gasteiger partial charge on any atom is 0.0602 e. The first-order chi connectivity index (χ1) is 5.27. The lowest BCUT2D eigenvalue weighted by molar-refractivity contribution is 0.0229. The highest BCUT2D eigenvalue weighted by atomic mass is 16.3. The highest BCUT2D eigenvalue weighted by Gasteiger charge is 2.56. The van der Waals surface area contributed by atoms with Gasteiger partial charge in [-0.15, -0.1) is 0 Å². The van der Waals surface area contributed by atoms with Gasteiger partial charge >= 0.3 is 0 Å². The summed E-state index contributed by atoms with van der Waals surface area (Å²) in [6.07, 6.45) is 4.18. The SMILES string of the molecule is CC1C2CC3CC(C2)C1C3O. The second-order valence-electron chi connectivity index (χ2n) is 4.91. The van der Waals surface area contributed by atoms with E-state index in [0.717, 1.165) is 17.8 Å². The summed E-state index contributed by atoms with van der Waals surface area (Å²) in [7, 11) is 0. The van der Waals surface area contributed by atoms with Crippen molar-refractivity contribution >= 4 is 0 Å². The second kappa shape index (κ2) is 1.82. The van der Waals surface area contributed by atoms with E-state index in [1.54, 1.807) is 0 Å². The molecule has 4 aliphatic rings. The molecule has 4 saturated carbocycles. The van der Waals surface area contributed by atoms with Gasteiger partial charge in [-0.25, -0.2) is 0 Å². The third-order valence-corrected chi connectivity index (χ3v) is 4.59. The Labute approximate surface area is 67.8 Å². The molecule has 6 atom stereocenters. The van der Waals surface area contributed by atoms with E-state index < -0.39 is 0 Å². The van der Waals surface area contributed by atoms with Crippen LogP contribution < -0.4 is 0 Å². The van der Waals surface area contributed by atoms with Gasteiger partial charge in [0, 0.05) is 0 Å². The average Bonchev–Trinajstić information content (AvgIpc) is 2.33. The predicted molar refractivity (Wildman–Crippen MR) is 43.0 cm³/mol. The zero-order chi connectivity index (χ0) is 7.59. The van der Waals surface area contributed by atoms with Crippen LogP contribution in [0.1, 0.15) is 26.2 Å². The second-order valence-corrected chi connectivity index (χ2v) is 4.91. The summed E-state index contributed by atoms with van der Waals surface area (Å²) in [5.74, 6) is 4.10. The molecule has 0 aromatic heterocycles. The van der Waals surface area contributed by atoms with Crippen molar-refractivity contribution in [1.29, 1.82) is 0 Å². The molecule has 4 aliphatic carbocycles. The number of rotatable bonds is 0. The fourth-order valence-electron chi connectivity index (χ4n) is 4.13. The summed E-state index contributed by atoms with van der Waals surface area (Å²) in [5.41, 5.74) is 0. The molecule has 4 rings (SSSR count). The minimum atomic E-state index is 0.0775. The molecular weight excluding hydrogens is 136 g/mol. The Kier molecular flexibility index (Phi) is 1.07. The lowest BCUT2D eigenvalue weighted by atomic mass is 9.75. The van der Waals surface area contributed by atoms with E-state index in [4.69, 9.17) is 0 Å². The molecule has 0 heterocycles. The first kappa shape index (κ1) is 6.47. The smallest absolute Gasteiger partial charge is 0.0602 e. The number of aliphatic hydroxyl groups is 1. The van der Waals surface area contributed by atoms with Crippen LogP contribution in [0, 0.1) is 29.6 Å². The van der Waals surface area contributed by atoms with Crippen molar-refractivity contribution in [2.45, 2.75) is 32.3 Å². The summed E-state index contributed by atoms with van der Waals surface area (Å²) in [4.78, 5) is 0. The van der Waals surface area contributed by atoms with Gasteiger partial charge in [0.15, 0.2) is 0 Å². The van der Waals surface area contributed by atoms with Crippen LogP contribution in [0.4, 0.5) is 0 Å². The van der Waals surface area contributed by atoms with Crippen LogP contribution in [0.5, 0.6) is 0 Å². The third-order valence-electron chi connectivity index (χ3n) is 4.59. The van der Waals surface area contributed by atoms with Crippen molar-refractivity contribution in [3.63, 3.8) is 0 Å². The lowest BCUT2D eigenvalue weighted by Gasteiger charge is -2.33. The molecule has 4 bridgehead atoms. The molecule has 6 unspecified atom stereocenters. The number of hydrogen-bond acceptors (Lipinski definition) is 1. The van der Waals surface area contributed by atoms with Crippen molar-refractivity contribution in [3.8, 4) is 0 Å². The van der Waals surface area contributed by atoms with Gasteiger partial charge in [-0.05, 0) is 48.9 Å². The standard InChI is InChI=1S/C10H16O/c1-5-6-2-7-4-8(3-6)10(11)9(5)7/h5-11H,2-4H2,1H3. The zero-order valence-corrected chi connectivity index (χ0v) is 7.03. The molecule has 0 spiro atoms. The fraction of sp³-hybridized carbons (Fsp3) is 1.00. The molecule has 4 fully saturated rings. The van der Waals surface area contributed by atoms with E-state index in [1.165, 1.54) is 19.3 Å². The molecule has 0 amide bonds. The summed E-state index contributed by atoms with van der Waals surface area (Å²) < 4.78 is 0. The molecular formula is C10H16O. The largest absolute Gasteiger partial charge is 0.393 e. The van der Waals surface area contributed by atoms with Gasteiger partial charge in [0.05, 0.1) is 6.10 Å². The van der Waals surface area contributed by atoms with E-state index in [0.29, 0.717) is 11.8 Å². The van der Waals surface area contributed by atoms with Crippen LogP contribution in [0.2, 0.25) is 0 Å². The van der Waals surface area contributed by atoms with Crippen molar-refractivity contribution in [2.24, 2.45) is 29.6 Å². The predicted octanol–water partition coefficient (Wildman–Crippen LogP) is 1.66. The topological polar surface area (TPSA) is 20.2 Å². The Morgan fingerprint density at radius 2 is 1.64 bits per heavy atom. The Balaban J connectivity index is 2.00. The maximum atomic E-state index is 9.88. The van der Waals surface area contributed by atoms with Crippen molar-refractivity contribution in [2.75, 3.05) is 0 Å². The molecule has 62 valence electrons. The molecule has 11 heavy (non-hydrogen) atoms. The van der Waals surface area contributed by atoms with Gasteiger partial charge in [-0.1, -0.05) is 6.92 Å². The minimum absolute atomic E-state index is 0.0775. The van der Waals surface area contributed by atoms with Gasteiger partial charge in [0.1, 0.15) is 0 Å². The van der Waals surface area contributed by atoms with E-state index in [2.05, 4.69) is 6.92 Å². The summed E-state index contributed by atoms with van der Waals surface area (Å²) in [6, 6.07) is 0. The van der Waals surface area contributed by atoms with Crippen LogP contribution in [0.3, 0.4) is 0 Å².